The van der Waals surface area contributed by atoms with E-state index in [1.807, 2.05) is 30.3 Å². The number of hydrogen-bond donors (Lipinski definition) is 1. The molecule has 2 rings (SSSR count). The fraction of sp³-hybridized carbons (Fsp3) is 0.188. The van der Waals surface area contributed by atoms with Crippen LogP contribution in [0.2, 0.25) is 0 Å². The summed E-state index contributed by atoms with van der Waals surface area (Å²) in [6, 6.07) is 12.6. The third-order valence-electron chi connectivity index (χ3n) is 2.79. The van der Waals surface area contributed by atoms with Crippen LogP contribution in [0.25, 0.3) is 0 Å². The number of benzene rings is 2. The van der Waals surface area contributed by atoms with Crippen LogP contribution in [0.5, 0.6) is 5.75 Å². The Kier molecular flexibility index (Phi) is 5.26. The number of halogens is 2. The molecule has 2 aromatic carbocycles. The lowest BCUT2D eigenvalue weighted by Gasteiger charge is -2.08. The third-order valence-corrected chi connectivity index (χ3v) is 2.79. The molecule has 0 unspecified atom stereocenters. The van der Waals surface area contributed by atoms with Crippen LogP contribution < -0.4 is 10.1 Å². The topological polar surface area (TPSA) is 38.3 Å². The first-order valence-corrected chi connectivity index (χ1v) is 6.58. The van der Waals surface area contributed by atoms with Crippen LogP contribution in [0.3, 0.4) is 0 Å². The number of hydrogen-bond acceptors (Lipinski definition) is 2. The van der Waals surface area contributed by atoms with Gasteiger partial charge in [0.1, 0.15) is 23.1 Å². The SMILES string of the molecule is O=C(CCCOc1ccccc1)Nc1c(F)cccc1F. The minimum atomic E-state index is -0.788. The Balaban J connectivity index is 1.75. The predicted molar refractivity (Wildman–Crippen MR) is 76.2 cm³/mol. The van der Waals surface area contributed by atoms with Crippen LogP contribution in [0.15, 0.2) is 48.5 Å². The first-order valence-electron chi connectivity index (χ1n) is 6.58. The largest absolute Gasteiger partial charge is 0.494 e. The van der Waals surface area contributed by atoms with E-state index in [-0.39, 0.29) is 6.42 Å². The molecule has 1 amide bonds. The van der Waals surface area contributed by atoms with Gasteiger partial charge in [-0.1, -0.05) is 24.3 Å². The molecule has 0 aliphatic rings. The molecular formula is C16H15F2NO2. The highest BCUT2D eigenvalue weighted by molar-refractivity contribution is 5.90. The first kappa shape index (κ1) is 15.0. The van der Waals surface area contributed by atoms with E-state index < -0.39 is 23.2 Å². The normalized spacial score (nSPS) is 10.2. The smallest absolute Gasteiger partial charge is 0.224 e. The minimum Gasteiger partial charge on any atom is -0.494 e. The highest BCUT2D eigenvalue weighted by Gasteiger charge is 2.11. The highest BCUT2D eigenvalue weighted by atomic mass is 19.1. The highest BCUT2D eigenvalue weighted by Crippen LogP contribution is 2.18. The molecule has 3 nitrogen and oxygen atoms in total. The number of amides is 1. The number of carbonyl (C=O) groups excluding carboxylic acids is 1. The van der Waals surface area contributed by atoms with E-state index >= 15 is 0 Å². The molecular weight excluding hydrogens is 276 g/mol. The van der Waals surface area contributed by atoms with E-state index in [0.29, 0.717) is 13.0 Å². The molecule has 0 saturated heterocycles. The van der Waals surface area contributed by atoms with Gasteiger partial charge >= 0.3 is 0 Å². The second kappa shape index (κ2) is 7.38. The van der Waals surface area contributed by atoms with Crippen molar-refractivity contribution in [1.82, 2.24) is 0 Å². The van der Waals surface area contributed by atoms with Crippen molar-refractivity contribution in [2.75, 3.05) is 11.9 Å². The molecule has 0 bridgehead atoms. The molecule has 0 aliphatic carbocycles. The quantitative estimate of drug-likeness (QED) is 0.823. The van der Waals surface area contributed by atoms with Gasteiger partial charge < -0.3 is 10.1 Å². The van der Waals surface area contributed by atoms with Crippen LogP contribution in [-0.4, -0.2) is 12.5 Å². The molecule has 0 radical (unpaired) electrons. The Morgan fingerprint density at radius 3 is 2.33 bits per heavy atom. The van der Waals surface area contributed by atoms with Crippen molar-refractivity contribution in [1.29, 1.82) is 0 Å². The van der Waals surface area contributed by atoms with Gasteiger partial charge in [0, 0.05) is 6.42 Å². The fourth-order valence-corrected chi connectivity index (χ4v) is 1.76. The monoisotopic (exact) mass is 291 g/mol. The van der Waals surface area contributed by atoms with Gasteiger partial charge in [-0.25, -0.2) is 8.78 Å². The molecule has 0 heterocycles. The van der Waals surface area contributed by atoms with Gasteiger partial charge in [0.15, 0.2) is 0 Å². The molecule has 2 aromatic rings. The first-order chi connectivity index (χ1) is 10.2. The number of carbonyl (C=O) groups is 1. The van der Waals surface area contributed by atoms with Crippen molar-refractivity contribution in [3.05, 3.63) is 60.2 Å². The van der Waals surface area contributed by atoms with E-state index in [9.17, 15) is 13.6 Å². The minimum absolute atomic E-state index is 0.126. The Morgan fingerprint density at radius 1 is 1.00 bits per heavy atom. The van der Waals surface area contributed by atoms with Crippen LogP contribution >= 0.6 is 0 Å². The Bertz CT molecular complexity index is 582. The lowest BCUT2D eigenvalue weighted by Crippen LogP contribution is -2.15. The summed E-state index contributed by atoms with van der Waals surface area (Å²) in [5, 5.41) is 2.23. The molecule has 21 heavy (non-hydrogen) atoms. The van der Waals surface area contributed by atoms with Gasteiger partial charge in [0.05, 0.1) is 6.61 Å². The van der Waals surface area contributed by atoms with Crippen molar-refractivity contribution < 1.29 is 18.3 Å². The number of para-hydroxylation sites is 2. The maximum absolute atomic E-state index is 13.3. The molecule has 0 fully saturated rings. The van der Waals surface area contributed by atoms with Crippen LogP contribution in [-0.2, 0) is 4.79 Å². The van der Waals surface area contributed by atoms with Gasteiger partial charge in [-0.05, 0) is 30.7 Å². The van der Waals surface area contributed by atoms with E-state index in [2.05, 4.69) is 5.32 Å². The van der Waals surface area contributed by atoms with E-state index in [0.717, 1.165) is 17.9 Å². The lowest BCUT2D eigenvalue weighted by molar-refractivity contribution is -0.116. The van der Waals surface area contributed by atoms with Gasteiger partial charge in [-0.15, -0.1) is 0 Å². The maximum atomic E-state index is 13.3. The van der Waals surface area contributed by atoms with E-state index in [4.69, 9.17) is 4.74 Å². The second-order valence-electron chi connectivity index (χ2n) is 4.41. The van der Waals surface area contributed by atoms with Gasteiger partial charge in [-0.3, -0.25) is 4.79 Å². The average Bonchev–Trinajstić information content (AvgIpc) is 2.49. The standard InChI is InChI=1S/C16H15F2NO2/c17-13-8-4-9-14(18)16(13)19-15(20)10-5-11-21-12-6-2-1-3-7-12/h1-4,6-9H,5,10-11H2,(H,19,20). The molecule has 0 saturated carbocycles. The molecule has 110 valence electrons. The third kappa shape index (κ3) is 4.56. The zero-order chi connectivity index (χ0) is 15.1. The maximum Gasteiger partial charge on any atom is 0.224 e. The molecule has 1 N–H and O–H groups in total. The van der Waals surface area contributed by atoms with Gasteiger partial charge in [-0.2, -0.15) is 0 Å². The summed E-state index contributed by atoms with van der Waals surface area (Å²) in [4.78, 5) is 11.6. The summed E-state index contributed by atoms with van der Waals surface area (Å²) >= 11 is 0. The van der Waals surface area contributed by atoms with E-state index in [1.54, 1.807) is 0 Å². The lowest BCUT2D eigenvalue weighted by atomic mass is 10.2. The van der Waals surface area contributed by atoms with Crippen LogP contribution in [0.1, 0.15) is 12.8 Å². The predicted octanol–water partition coefficient (Wildman–Crippen LogP) is 3.76. The summed E-state index contributed by atoms with van der Waals surface area (Å²) in [7, 11) is 0. The number of rotatable bonds is 6. The van der Waals surface area contributed by atoms with Crippen molar-refractivity contribution in [3.63, 3.8) is 0 Å². The Labute approximate surface area is 121 Å². The summed E-state index contributed by atoms with van der Waals surface area (Å²) < 4.78 is 32.1. The molecule has 0 spiro atoms. The summed E-state index contributed by atoms with van der Waals surface area (Å²) in [5.74, 6) is -1.30. The van der Waals surface area contributed by atoms with Gasteiger partial charge in [0.25, 0.3) is 0 Å². The van der Waals surface area contributed by atoms with Crippen LogP contribution in [0.4, 0.5) is 14.5 Å². The van der Waals surface area contributed by atoms with Crippen molar-refractivity contribution >= 4 is 11.6 Å². The number of nitrogens with one attached hydrogen (secondary N) is 1. The number of anilines is 1. The second-order valence-corrected chi connectivity index (χ2v) is 4.41. The molecule has 0 atom stereocenters. The van der Waals surface area contributed by atoms with Gasteiger partial charge in [0.2, 0.25) is 5.91 Å². The summed E-state index contributed by atoms with van der Waals surface area (Å²) in [6.07, 6.45) is 0.581. The van der Waals surface area contributed by atoms with Crippen molar-refractivity contribution in [3.8, 4) is 5.75 Å². The summed E-state index contributed by atoms with van der Waals surface area (Å²) in [6.45, 7) is 0.358. The zero-order valence-electron chi connectivity index (χ0n) is 11.3. The molecule has 0 aromatic heterocycles. The zero-order valence-corrected chi connectivity index (χ0v) is 11.3. The Hall–Kier alpha value is -2.43. The van der Waals surface area contributed by atoms with Crippen molar-refractivity contribution in [2.24, 2.45) is 0 Å². The molecule has 5 heteroatoms. The van der Waals surface area contributed by atoms with Crippen molar-refractivity contribution in [2.45, 2.75) is 12.8 Å². The summed E-state index contributed by atoms with van der Waals surface area (Å²) in [5.41, 5.74) is -0.411. The average molecular weight is 291 g/mol. The fourth-order valence-electron chi connectivity index (χ4n) is 1.76. The Morgan fingerprint density at radius 2 is 1.67 bits per heavy atom. The van der Waals surface area contributed by atoms with E-state index in [1.165, 1.54) is 6.07 Å². The van der Waals surface area contributed by atoms with Crippen LogP contribution in [0, 0.1) is 11.6 Å². The molecule has 0 aliphatic heterocycles. The number of ether oxygens (including phenoxy) is 1.